The predicted octanol–water partition coefficient (Wildman–Crippen LogP) is 15.3. The van der Waals surface area contributed by atoms with Crippen molar-refractivity contribution < 1.29 is 24.5 Å². The highest BCUT2D eigenvalue weighted by atomic mass is 16.5. The van der Waals surface area contributed by atoms with Gasteiger partial charge >= 0.3 is 5.97 Å². The maximum Gasteiger partial charge on any atom is 0.305 e. The Balaban J connectivity index is 3.45. The van der Waals surface area contributed by atoms with Crippen molar-refractivity contribution in [3.05, 3.63) is 12.2 Å². The molecule has 0 aromatic carbocycles. The van der Waals surface area contributed by atoms with E-state index >= 15 is 0 Å². The fourth-order valence-corrected chi connectivity index (χ4v) is 8.05. The Kier molecular flexibility index (Phi) is 47.1. The minimum Gasteiger partial charge on any atom is -0.466 e. The highest BCUT2D eigenvalue weighted by Gasteiger charge is 2.20. The third-order valence-corrected chi connectivity index (χ3v) is 12.1. The first kappa shape index (κ1) is 56.6. The quantitative estimate of drug-likeness (QED) is 0.0323. The summed E-state index contributed by atoms with van der Waals surface area (Å²) in [6, 6.07) is -0.548. The number of carbonyl (C=O) groups is 2. The summed E-state index contributed by atoms with van der Waals surface area (Å²) in [6.45, 7) is 4.93. The normalized spacial score (nSPS) is 12.7. The highest BCUT2D eigenvalue weighted by molar-refractivity contribution is 5.76. The molecule has 0 spiro atoms. The number of hydrogen-bond donors (Lipinski definition) is 3. The summed E-state index contributed by atoms with van der Waals surface area (Å²) in [5, 5.41) is 23.2. The molecule has 0 bridgehead atoms. The number of aliphatic hydroxyl groups excluding tert-OH is 2. The van der Waals surface area contributed by atoms with Crippen molar-refractivity contribution in [3.63, 3.8) is 0 Å². The second kappa shape index (κ2) is 48.3. The van der Waals surface area contributed by atoms with Gasteiger partial charge in [0.25, 0.3) is 0 Å². The van der Waals surface area contributed by atoms with Gasteiger partial charge in [0.2, 0.25) is 5.91 Å². The molecule has 1 amide bonds. The van der Waals surface area contributed by atoms with E-state index in [2.05, 4.69) is 31.3 Å². The van der Waals surface area contributed by atoms with E-state index in [1.165, 1.54) is 199 Å². The number of aliphatic hydroxyl groups is 2. The van der Waals surface area contributed by atoms with Crippen LogP contribution in [0.25, 0.3) is 0 Å². The molecule has 0 aliphatic rings. The summed E-state index contributed by atoms with van der Waals surface area (Å²) in [5.74, 6) is -0.0482. The van der Waals surface area contributed by atoms with Gasteiger partial charge in [0.15, 0.2) is 0 Å². The minimum absolute atomic E-state index is 0.00113. The molecule has 6 nitrogen and oxygen atoms in total. The Labute approximate surface area is 361 Å². The number of hydrogen-bond acceptors (Lipinski definition) is 5. The molecule has 0 saturated carbocycles. The molecule has 2 atom stereocenters. The second-order valence-electron chi connectivity index (χ2n) is 17.9. The van der Waals surface area contributed by atoms with Gasteiger partial charge in [-0.2, -0.15) is 0 Å². The zero-order chi connectivity index (χ0) is 42.3. The minimum atomic E-state index is -0.670. The van der Waals surface area contributed by atoms with Crippen LogP contribution in [0.3, 0.4) is 0 Å². The summed E-state index contributed by atoms with van der Waals surface area (Å²) >= 11 is 0. The Bertz CT molecular complexity index is 863. The van der Waals surface area contributed by atoms with Crippen molar-refractivity contribution in [2.75, 3.05) is 13.2 Å². The monoisotopic (exact) mass is 820 g/mol. The molecule has 0 aliphatic heterocycles. The van der Waals surface area contributed by atoms with E-state index in [0.29, 0.717) is 25.9 Å². The average molecular weight is 820 g/mol. The number of nitrogens with one attached hydrogen (secondary N) is 1. The molecule has 344 valence electrons. The first-order valence-electron chi connectivity index (χ1n) is 25.9. The molecule has 0 heterocycles. The summed E-state index contributed by atoms with van der Waals surface area (Å²) in [6.07, 6.45) is 54.7. The zero-order valence-electron chi connectivity index (χ0n) is 39.0. The van der Waals surface area contributed by atoms with Crippen molar-refractivity contribution in [1.82, 2.24) is 5.32 Å². The predicted molar refractivity (Wildman–Crippen MR) is 250 cm³/mol. The zero-order valence-corrected chi connectivity index (χ0v) is 39.0. The van der Waals surface area contributed by atoms with Crippen molar-refractivity contribution in [2.45, 2.75) is 296 Å². The van der Waals surface area contributed by atoms with E-state index in [1.807, 2.05) is 0 Å². The van der Waals surface area contributed by atoms with Crippen LogP contribution in [0.15, 0.2) is 12.2 Å². The Morgan fingerprint density at radius 1 is 0.466 bits per heavy atom. The largest absolute Gasteiger partial charge is 0.466 e. The maximum absolute atomic E-state index is 12.4. The van der Waals surface area contributed by atoms with Gasteiger partial charge in [-0.25, -0.2) is 0 Å². The number of allylic oxidation sites excluding steroid dienone is 2. The molecule has 0 aromatic rings. The molecule has 0 saturated heterocycles. The molecule has 0 radical (unpaired) electrons. The van der Waals surface area contributed by atoms with Crippen molar-refractivity contribution >= 4 is 11.9 Å². The molecule has 0 fully saturated rings. The van der Waals surface area contributed by atoms with Crippen LogP contribution < -0.4 is 5.32 Å². The fraction of sp³-hybridized carbons (Fsp3) is 0.923. The summed E-state index contributed by atoms with van der Waals surface area (Å²) < 4.78 is 5.45. The molecule has 2 unspecified atom stereocenters. The Morgan fingerprint density at radius 2 is 0.810 bits per heavy atom. The standard InChI is InChI=1S/C52H101NO5/c1-3-5-7-9-11-13-15-24-28-32-36-40-44-50(55)49(48-54)53-51(56)45-41-37-33-29-25-22-20-18-17-19-21-23-27-31-35-39-43-47-58-52(57)46-42-38-34-30-26-16-14-12-10-8-6-4-2/h17,19,49-50,54-55H,3-16,18,20-48H2,1-2H3,(H,53,56)/b19-17-. The number of rotatable bonds is 48. The molecule has 0 aliphatic carbocycles. The lowest BCUT2D eigenvalue weighted by molar-refractivity contribution is -0.143. The number of esters is 1. The first-order chi connectivity index (χ1) is 28.5. The highest BCUT2D eigenvalue weighted by Crippen LogP contribution is 2.16. The van der Waals surface area contributed by atoms with Crippen molar-refractivity contribution in [1.29, 1.82) is 0 Å². The first-order valence-corrected chi connectivity index (χ1v) is 25.9. The number of unbranched alkanes of at least 4 members (excludes halogenated alkanes) is 35. The van der Waals surface area contributed by atoms with E-state index in [0.717, 1.165) is 51.4 Å². The Hall–Kier alpha value is -1.40. The Morgan fingerprint density at radius 3 is 1.22 bits per heavy atom. The number of carbonyl (C=O) groups excluding carboxylic acids is 2. The third kappa shape index (κ3) is 44.2. The molecular weight excluding hydrogens is 719 g/mol. The molecule has 58 heavy (non-hydrogen) atoms. The van der Waals surface area contributed by atoms with Gasteiger partial charge in [-0.05, 0) is 51.4 Å². The van der Waals surface area contributed by atoms with Crippen LogP contribution >= 0.6 is 0 Å². The maximum atomic E-state index is 12.4. The molecule has 6 heteroatoms. The van der Waals surface area contributed by atoms with Gasteiger partial charge in [0.05, 0.1) is 25.4 Å². The number of amides is 1. The van der Waals surface area contributed by atoms with Crippen LogP contribution in [0.2, 0.25) is 0 Å². The molecular formula is C52H101NO5. The summed E-state index contributed by atoms with van der Waals surface area (Å²) in [7, 11) is 0. The summed E-state index contributed by atoms with van der Waals surface area (Å²) in [5.41, 5.74) is 0. The lowest BCUT2D eigenvalue weighted by Gasteiger charge is -2.22. The van der Waals surface area contributed by atoms with Gasteiger partial charge in [-0.3, -0.25) is 9.59 Å². The molecule has 3 N–H and O–H groups in total. The van der Waals surface area contributed by atoms with Crippen LogP contribution in [-0.2, 0) is 14.3 Å². The average Bonchev–Trinajstić information content (AvgIpc) is 3.22. The van der Waals surface area contributed by atoms with E-state index < -0.39 is 12.1 Å². The molecule has 0 rings (SSSR count). The van der Waals surface area contributed by atoms with Crippen LogP contribution in [-0.4, -0.2) is 47.4 Å². The van der Waals surface area contributed by atoms with Gasteiger partial charge in [-0.15, -0.1) is 0 Å². The van der Waals surface area contributed by atoms with Crippen molar-refractivity contribution in [3.8, 4) is 0 Å². The van der Waals surface area contributed by atoms with Crippen LogP contribution in [0.1, 0.15) is 284 Å². The SMILES string of the molecule is CCCCCCCCCCCCCCC(=O)OCCCCCCCC/C=C\CCCCCCCCCC(=O)NC(CO)C(O)CCCCCCCCCCCCCC. The molecule has 0 aromatic heterocycles. The summed E-state index contributed by atoms with van der Waals surface area (Å²) in [4.78, 5) is 24.4. The number of ether oxygens (including phenoxy) is 1. The van der Waals surface area contributed by atoms with Gasteiger partial charge < -0.3 is 20.3 Å². The third-order valence-electron chi connectivity index (χ3n) is 12.1. The van der Waals surface area contributed by atoms with Crippen LogP contribution in [0.4, 0.5) is 0 Å². The van der Waals surface area contributed by atoms with E-state index in [1.54, 1.807) is 0 Å². The van der Waals surface area contributed by atoms with Gasteiger partial charge in [-0.1, -0.05) is 231 Å². The second-order valence-corrected chi connectivity index (χ2v) is 17.9. The van der Waals surface area contributed by atoms with Gasteiger partial charge in [0.1, 0.15) is 0 Å². The lowest BCUT2D eigenvalue weighted by atomic mass is 10.0. The smallest absolute Gasteiger partial charge is 0.305 e. The van der Waals surface area contributed by atoms with Gasteiger partial charge in [0, 0.05) is 12.8 Å². The van der Waals surface area contributed by atoms with E-state index in [-0.39, 0.29) is 18.5 Å². The lowest BCUT2D eigenvalue weighted by Crippen LogP contribution is -2.45. The fourth-order valence-electron chi connectivity index (χ4n) is 8.05. The topological polar surface area (TPSA) is 95.9 Å². The van der Waals surface area contributed by atoms with E-state index in [4.69, 9.17) is 4.74 Å². The van der Waals surface area contributed by atoms with Crippen molar-refractivity contribution in [2.24, 2.45) is 0 Å². The van der Waals surface area contributed by atoms with Crippen LogP contribution in [0, 0.1) is 0 Å². The van der Waals surface area contributed by atoms with E-state index in [9.17, 15) is 19.8 Å². The van der Waals surface area contributed by atoms with Crippen LogP contribution in [0.5, 0.6) is 0 Å².